The Morgan fingerprint density at radius 2 is 2.13 bits per heavy atom. The van der Waals surface area contributed by atoms with Gasteiger partial charge in [-0.15, -0.1) is 0 Å². The number of carbonyl (C=O) groups excluding carboxylic acids is 1. The number of carboxylic acid groups (broad SMARTS) is 1. The van der Waals surface area contributed by atoms with Gasteiger partial charge in [-0.25, -0.2) is 4.79 Å². The third kappa shape index (κ3) is 2.68. The van der Waals surface area contributed by atoms with Crippen LogP contribution in [0.4, 0.5) is 0 Å². The molecule has 1 atom stereocenters. The molecule has 1 unspecified atom stereocenters. The lowest BCUT2D eigenvalue weighted by Crippen LogP contribution is -2.44. The minimum absolute atomic E-state index is 0.116. The van der Waals surface area contributed by atoms with Crippen molar-refractivity contribution in [2.45, 2.75) is 26.3 Å². The highest BCUT2D eigenvalue weighted by Gasteiger charge is 2.30. The normalized spacial score (nSPS) is 18.1. The smallest absolute Gasteiger partial charge is 0.327 e. The molecule has 1 heterocycles. The number of hydrogen-bond acceptors (Lipinski definition) is 2. The van der Waals surface area contributed by atoms with Crippen LogP contribution in [0.2, 0.25) is 0 Å². The standard InChI is InChI=1S/C11H15NO3/c1-8(2)10(11(14)15)12-7-5-3-4-6-9(12)13/h3-5,7-8,10H,6H2,1-2H3,(H,14,15). The number of aliphatic carboxylic acids is 1. The molecular formula is C11H15NO3. The second-order valence-electron chi connectivity index (χ2n) is 3.80. The Labute approximate surface area is 88.9 Å². The van der Waals surface area contributed by atoms with Gasteiger partial charge in [0, 0.05) is 12.6 Å². The molecule has 0 aliphatic carbocycles. The number of carbonyl (C=O) groups is 2. The zero-order chi connectivity index (χ0) is 11.4. The van der Waals surface area contributed by atoms with Crippen molar-refractivity contribution in [2.24, 2.45) is 5.92 Å². The van der Waals surface area contributed by atoms with Crippen LogP contribution in [0, 0.1) is 5.92 Å². The van der Waals surface area contributed by atoms with E-state index in [0.717, 1.165) is 0 Å². The predicted molar refractivity (Wildman–Crippen MR) is 56.0 cm³/mol. The highest BCUT2D eigenvalue weighted by molar-refractivity contribution is 5.85. The lowest BCUT2D eigenvalue weighted by molar-refractivity contribution is -0.149. The minimum Gasteiger partial charge on any atom is -0.480 e. The van der Waals surface area contributed by atoms with Crippen molar-refractivity contribution in [3.63, 3.8) is 0 Å². The fourth-order valence-corrected chi connectivity index (χ4v) is 1.55. The van der Waals surface area contributed by atoms with E-state index in [9.17, 15) is 9.59 Å². The van der Waals surface area contributed by atoms with Crippen LogP contribution in [-0.4, -0.2) is 27.9 Å². The van der Waals surface area contributed by atoms with Gasteiger partial charge in [0.15, 0.2) is 0 Å². The molecule has 0 aromatic carbocycles. The summed E-state index contributed by atoms with van der Waals surface area (Å²) in [6.45, 7) is 3.58. The van der Waals surface area contributed by atoms with Crippen molar-refractivity contribution in [3.05, 3.63) is 24.4 Å². The summed E-state index contributed by atoms with van der Waals surface area (Å²) in [5.41, 5.74) is 0. The van der Waals surface area contributed by atoms with E-state index in [1.54, 1.807) is 32.1 Å². The van der Waals surface area contributed by atoms with Crippen molar-refractivity contribution in [2.75, 3.05) is 0 Å². The monoisotopic (exact) mass is 209 g/mol. The Kier molecular flexibility index (Phi) is 3.66. The summed E-state index contributed by atoms with van der Waals surface area (Å²) in [6.07, 6.45) is 6.94. The first-order valence-corrected chi connectivity index (χ1v) is 4.91. The van der Waals surface area contributed by atoms with Gasteiger partial charge < -0.3 is 10.0 Å². The molecule has 1 aliphatic heterocycles. The zero-order valence-electron chi connectivity index (χ0n) is 8.88. The first-order chi connectivity index (χ1) is 7.04. The lowest BCUT2D eigenvalue weighted by Gasteiger charge is -2.27. The molecule has 0 aromatic heterocycles. The van der Waals surface area contributed by atoms with Crippen molar-refractivity contribution in [1.29, 1.82) is 0 Å². The first kappa shape index (κ1) is 11.5. The number of nitrogens with zero attached hydrogens (tertiary/aromatic N) is 1. The summed E-state index contributed by atoms with van der Waals surface area (Å²) in [4.78, 5) is 24.0. The molecule has 4 nitrogen and oxygen atoms in total. The second-order valence-corrected chi connectivity index (χ2v) is 3.80. The molecule has 0 fully saturated rings. The summed E-state index contributed by atoms with van der Waals surface area (Å²) in [5, 5.41) is 9.06. The average molecular weight is 209 g/mol. The van der Waals surface area contributed by atoms with Gasteiger partial charge in [-0.05, 0) is 12.0 Å². The van der Waals surface area contributed by atoms with Crippen LogP contribution < -0.4 is 0 Å². The largest absolute Gasteiger partial charge is 0.480 e. The molecule has 1 rings (SSSR count). The van der Waals surface area contributed by atoms with Crippen molar-refractivity contribution >= 4 is 11.9 Å². The lowest BCUT2D eigenvalue weighted by atomic mass is 10.0. The third-order valence-electron chi connectivity index (χ3n) is 2.26. The van der Waals surface area contributed by atoms with E-state index in [1.807, 2.05) is 0 Å². The summed E-state index contributed by atoms with van der Waals surface area (Å²) >= 11 is 0. The summed E-state index contributed by atoms with van der Waals surface area (Å²) in [7, 11) is 0. The van der Waals surface area contributed by atoms with Crippen LogP contribution in [0.25, 0.3) is 0 Å². The van der Waals surface area contributed by atoms with Crippen molar-refractivity contribution in [3.8, 4) is 0 Å². The molecule has 1 aliphatic rings. The van der Waals surface area contributed by atoms with Crippen LogP contribution in [0.15, 0.2) is 24.4 Å². The summed E-state index contributed by atoms with van der Waals surface area (Å²) in [6, 6.07) is -0.784. The van der Waals surface area contributed by atoms with Crippen LogP contribution in [-0.2, 0) is 9.59 Å². The van der Waals surface area contributed by atoms with Gasteiger partial charge in [-0.3, -0.25) is 4.79 Å². The highest BCUT2D eigenvalue weighted by atomic mass is 16.4. The molecular weight excluding hydrogens is 194 g/mol. The van der Waals surface area contributed by atoms with Gasteiger partial charge in [0.2, 0.25) is 5.91 Å². The maximum Gasteiger partial charge on any atom is 0.327 e. The quantitative estimate of drug-likeness (QED) is 0.764. The summed E-state index contributed by atoms with van der Waals surface area (Å²) < 4.78 is 0. The van der Waals surface area contributed by atoms with E-state index < -0.39 is 12.0 Å². The second kappa shape index (κ2) is 4.77. The van der Waals surface area contributed by atoms with E-state index >= 15 is 0 Å². The van der Waals surface area contributed by atoms with Gasteiger partial charge in [0.1, 0.15) is 6.04 Å². The topological polar surface area (TPSA) is 57.6 Å². The molecule has 0 radical (unpaired) electrons. The van der Waals surface area contributed by atoms with Gasteiger partial charge in [0.05, 0.1) is 0 Å². The van der Waals surface area contributed by atoms with Crippen LogP contribution >= 0.6 is 0 Å². The highest BCUT2D eigenvalue weighted by Crippen LogP contribution is 2.15. The van der Waals surface area contributed by atoms with Gasteiger partial charge in [-0.1, -0.05) is 26.0 Å². The van der Waals surface area contributed by atoms with Crippen LogP contribution in [0.1, 0.15) is 20.3 Å². The zero-order valence-corrected chi connectivity index (χ0v) is 8.88. The molecule has 0 aromatic rings. The SMILES string of the molecule is CC(C)C(C(=O)O)N1C=CC=CCC1=O. The molecule has 0 saturated carbocycles. The number of allylic oxidation sites excluding steroid dienone is 2. The molecule has 15 heavy (non-hydrogen) atoms. The van der Waals surface area contributed by atoms with E-state index in [4.69, 9.17) is 5.11 Å². The first-order valence-electron chi connectivity index (χ1n) is 4.91. The number of carboxylic acids is 1. The van der Waals surface area contributed by atoms with E-state index in [1.165, 1.54) is 11.1 Å². The molecule has 1 amide bonds. The molecule has 0 saturated heterocycles. The fourth-order valence-electron chi connectivity index (χ4n) is 1.55. The van der Waals surface area contributed by atoms with E-state index in [-0.39, 0.29) is 18.2 Å². The number of rotatable bonds is 3. The van der Waals surface area contributed by atoms with Crippen LogP contribution in [0.3, 0.4) is 0 Å². The Balaban J connectivity index is 2.92. The average Bonchev–Trinajstić information content (AvgIpc) is 2.31. The van der Waals surface area contributed by atoms with Gasteiger partial charge >= 0.3 is 5.97 Å². The van der Waals surface area contributed by atoms with E-state index in [2.05, 4.69) is 0 Å². The Morgan fingerprint density at radius 3 is 2.67 bits per heavy atom. The maximum absolute atomic E-state index is 11.6. The molecule has 0 bridgehead atoms. The molecule has 1 N–H and O–H groups in total. The molecule has 4 heteroatoms. The van der Waals surface area contributed by atoms with Gasteiger partial charge in [0.25, 0.3) is 0 Å². The Hall–Kier alpha value is -1.58. The van der Waals surface area contributed by atoms with Crippen LogP contribution in [0.5, 0.6) is 0 Å². The van der Waals surface area contributed by atoms with Crippen molar-refractivity contribution in [1.82, 2.24) is 4.90 Å². The summed E-state index contributed by atoms with van der Waals surface area (Å²) in [5.74, 6) is -1.26. The number of amides is 1. The molecule has 82 valence electrons. The van der Waals surface area contributed by atoms with Crippen molar-refractivity contribution < 1.29 is 14.7 Å². The Bertz CT molecular complexity index is 318. The third-order valence-corrected chi connectivity index (χ3v) is 2.26. The predicted octanol–water partition coefficient (Wildman–Crippen LogP) is 1.40. The fraction of sp³-hybridized carbons (Fsp3) is 0.455. The minimum atomic E-state index is -0.968. The Morgan fingerprint density at radius 1 is 1.47 bits per heavy atom. The van der Waals surface area contributed by atoms with E-state index in [0.29, 0.717) is 0 Å². The maximum atomic E-state index is 11.6. The number of hydrogen-bond donors (Lipinski definition) is 1. The molecule has 0 spiro atoms. The van der Waals surface area contributed by atoms with Gasteiger partial charge in [-0.2, -0.15) is 0 Å².